The Morgan fingerprint density at radius 1 is 1.27 bits per heavy atom. The monoisotopic (exact) mass is 350 g/mol. The number of anilines is 3. The van der Waals surface area contributed by atoms with Gasteiger partial charge in [-0.05, 0) is 42.6 Å². The Kier molecular flexibility index (Phi) is 4.84. The molecular formula is C20H26N6. The molecule has 1 unspecified atom stereocenters. The lowest BCUT2D eigenvalue weighted by Crippen LogP contribution is -2.31. The van der Waals surface area contributed by atoms with Crippen LogP contribution < -0.4 is 15.5 Å². The van der Waals surface area contributed by atoms with E-state index in [0.29, 0.717) is 5.92 Å². The third-order valence-corrected chi connectivity index (χ3v) is 5.08. The molecule has 0 amide bonds. The van der Waals surface area contributed by atoms with Gasteiger partial charge in [-0.1, -0.05) is 19.4 Å². The van der Waals surface area contributed by atoms with Gasteiger partial charge >= 0.3 is 0 Å². The third kappa shape index (κ3) is 3.70. The zero-order valence-electron chi connectivity index (χ0n) is 15.5. The number of fused-ring (bicyclic) bond motifs is 1. The molecule has 26 heavy (non-hydrogen) atoms. The van der Waals surface area contributed by atoms with Crippen molar-refractivity contribution in [3.8, 4) is 0 Å². The molecular weight excluding hydrogens is 324 g/mol. The van der Waals surface area contributed by atoms with Crippen LogP contribution in [0, 0.1) is 12.8 Å². The van der Waals surface area contributed by atoms with Crippen LogP contribution in [0.25, 0.3) is 0 Å². The number of nitrogens with zero attached hydrogens (tertiary/aromatic N) is 4. The number of nitrogens with one attached hydrogen (secondary N) is 2. The summed E-state index contributed by atoms with van der Waals surface area (Å²) >= 11 is 0. The van der Waals surface area contributed by atoms with Gasteiger partial charge in [0.2, 0.25) is 5.95 Å². The first kappa shape index (κ1) is 17.0. The summed E-state index contributed by atoms with van der Waals surface area (Å²) in [5, 5.41) is 6.96. The molecule has 6 heteroatoms. The molecule has 1 atom stereocenters. The number of rotatable bonds is 4. The predicted octanol–water partition coefficient (Wildman–Crippen LogP) is 2.90. The van der Waals surface area contributed by atoms with E-state index in [9.17, 15) is 0 Å². The number of aromatic nitrogens is 2. The van der Waals surface area contributed by atoms with Crippen LogP contribution in [0.1, 0.15) is 30.2 Å². The minimum atomic E-state index is 0.633. The second-order valence-electron chi connectivity index (χ2n) is 7.13. The number of hydrogen-bond acceptors (Lipinski definition) is 6. The number of hydrogen-bond donors (Lipinski definition) is 2. The van der Waals surface area contributed by atoms with Crippen molar-refractivity contribution in [1.82, 2.24) is 15.3 Å². The number of aryl methyl sites for hydroxylation is 1. The van der Waals surface area contributed by atoms with Gasteiger partial charge in [0.25, 0.3) is 0 Å². The summed E-state index contributed by atoms with van der Waals surface area (Å²) in [4.78, 5) is 16.1. The molecule has 0 saturated carbocycles. The molecule has 4 rings (SSSR count). The summed E-state index contributed by atoms with van der Waals surface area (Å²) in [5.41, 5.74) is 4.47. The summed E-state index contributed by atoms with van der Waals surface area (Å²) in [6.07, 6.45) is 3.10. The molecule has 1 aromatic heterocycles. The van der Waals surface area contributed by atoms with Gasteiger partial charge in [-0.3, -0.25) is 4.99 Å². The molecule has 2 aromatic rings. The van der Waals surface area contributed by atoms with E-state index in [1.54, 1.807) is 0 Å². The van der Waals surface area contributed by atoms with Crippen molar-refractivity contribution in [3.63, 3.8) is 0 Å². The van der Waals surface area contributed by atoms with Crippen LogP contribution in [0.15, 0.2) is 29.3 Å². The lowest BCUT2D eigenvalue weighted by atomic mass is 10.1. The lowest BCUT2D eigenvalue weighted by Gasteiger charge is -2.24. The Bertz CT molecular complexity index is 816. The molecule has 2 aliphatic rings. The molecule has 3 heterocycles. The summed E-state index contributed by atoms with van der Waals surface area (Å²) in [7, 11) is 0. The van der Waals surface area contributed by atoms with E-state index in [-0.39, 0.29) is 0 Å². The summed E-state index contributed by atoms with van der Waals surface area (Å²) in [6, 6.07) is 8.35. The summed E-state index contributed by atoms with van der Waals surface area (Å²) in [6.45, 7) is 9.04. The average Bonchev–Trinajstić information content (AvgIpc) is 2.96. The van der Waals surface area contributed by atoms with Gasteiger partial charge in [0.05, 0.1) is 6.54 Å². The predicted molar refractivity (Wildman–Crippen MR) is 107 cm³/mol. The fourth-order valence-electron chi connectivity index (χ4n) is 3.53. The van der Waals surface area contributed by atoms with E-state index >= 15 is 0 Å². The second-order valence-corrected chi connectivity index (χ2v) is 7.13. The van der Waals surface area contributed by atoms with Gasteiger partial charge in [-0.2, -0.15) is 4.98 Å². The van der Waals surface area contributed by atoms with Gasteiger partial charge in [0, 0.05) is 43.3 Å². The topological polar surface area (TPSA) is 65.4 Å². The molecule has 6 nitrogen and oxygen atoms in total. The number of benzene rings is 1. The van der Waals surface area contributed by atoms with Gasteiger partial charge in [0.15, 0.2) is 0 Å². The van der Waals surface area contributed by atoms with Crippen LogP contribution in [0.4, 0.5) is 17.5 Å². The Morgan fingerprint density at radius 2 is 2.19 bits per heavy atom. The Morgan fingerprint density at radius 3 is 3.08 bits per heavy atom. The largest absolute Gasteiger partial charge is 0.340 e. The highest BCUT2D eigenvalue weighted by Gasteiger charge is 2.19. The molecule has 2 aliphatic heterocycles. The molecule has 0 radical (unpaired) electrons. The van der Waals surface area contributed by atoms with Crippen molar-refractivity contribution in [3.05, 3.63) is 41.1 Å². The van der Waals surface area contributed by atoms with E-state index in [1.807, 2.05) is 19.2 Å². The van der Waals surface area contributed by atoms with Crippen LogP contribution in [0.2, 0.25) is 0 Å². The van der Waals surface area contributed by atoms with Crippen LogP contribution in [-0.4, -0.2) is 42.4 Å². The molecule has 0 spiro atoms. The summed E-state index contributed by atoms with van der Waals surface area (Å²) < 4.78 is 0. The minimum absolute atomic E-state index is 0.633. The lowest BCUT2D eigenvalue weighted by molar-refractivity contribution is 0.499. The quantitative estimate of drug-likeness (QED) is 0.888. The first-order valence-corrected chi connectivity index (χ1v) is 9.42. The third-order valence-electron chi connectivity index (χ3n) is 5.08. The normalized spacial score (nSPS) is 19.3. The van der Waals surface area contributed by atoms with E-state index in [2.05, 4.69) is 45.6 Å². The van der Waals surface area contributed by atoms with Crippen molar-refractivity contribution in [1.29, 1.82) is 0 Å². The van der Waals surface area contributed by atoms with Crippen molar-refractivity contribution in [2.75, 3.05) is 36.4 Å². The SMILES string of the molecule is CCC1CNCCN(c2nc(C)cc(Nc3ccc4c(c3)C=NC4)n2)C1. The Balaban J connectivity index is 1.57. The van der Waals surface area contributed by atoms with Crippen molar-refractivity contribution < 1.29 is 0 Å². The van der Waals surface area contributed by atoms with E-state index in [0.717, 1.165) is 62.3 Å². The van der Waals surface area contributed by atoms with Crippen LogP contribution in [0.5, 0.6) is 0 Å². The van der Waals surface area contributed by atoms with Gasteiger partial charge in [0.1, 0.15) is 5.82 Å². The maximum absolute atomic E-state index is 4.80. The fourth-order valence-corrected chi connectivity index (χ4v) is 3.53. The molecule has 0 bridgehead atoms. The highest BCUT2D eigenvalue weighted by molar-refractivity contribution is 5.86. The molecule has 1 saturated heterocycles. The first-order chi connectivity index (χ1) is 12.7. The maximum Gasteiger partial charge on any atom is 0.227 e. The van der Waals surface area contributed by atoms with Gasteiger partial charge in [-0.25, -0.2) is 4.98 Å². The minimum Gasteiger partial charge on any atom is -0.340 e. The standard InChI is InChI=1S/C20H26N6/c1-3-15-10-21-6-7-26(13-15)20-23-14(2)8-19(25-20)24-18-5-4-16-11-22-12-17(16)9-18/h4-5,8-9,12,15,21H,3,6-7,10-11,13H2,1-2H3,(H,23,24,25). The zero-order valence-corrected chi connectivity index (χ0v) is 15.5. The maximum atomic E-state index is 4.80. The first-order valence-electron chi connectivity index (χ1n) is 9.42. The van der Waals surface area contributed by atoms with Crippen LogP contribution >= 0.6 is 0 Å². The average molecular weight is 350 g/mol. The van der Waals surface area contributed by atoms with Gasteiger partial charge in [-0.15, -0.1) is 0 Å². The Hall–Kier alpha value is -2.47. The molecule has 136 valence electrons. The highest BCUT2D eigenvalue weighted by Crippen LogP contribution is 2.23. The van der Waals surface area contributed by atoms with Crippen molar-refractivity contribution in [2.45, 2.75) is 26.8 Å². The van der Waals surface area contributed by atoms with E-state index in [1.165, 1.54) is 11.1 Å². The van der Waals surface area contributed by atoms with E-state index in [4.69, 9.17) is 9.97 Å². The van der Waals surface area contributed by atoms with Gasteiger partial charge < -0.3 is 15.5 Å². The highest BCUT2D eigenvalue weighted by atomic mass is 15.3. The summed E-state index contributed by atoms with van der Waals surface area (Å²) in [5.74, 6) is 2.29. The van der Waals surface area contributed by atoms with Crippen LogP contribution in [-0.2, 0) is 6.54 Å². The fraction of sp³-hybridized carbons (Fsp3) is 0.450. The van der Waals surface area contributed by atoms with Crippen LogP contribution in [0.3, 0.4) is 0 Å². The van der Waals surface area contributed by atoms with Crippen molar-refractivity contribution >= 4 is 23.7 Å². The zero-order chi connectivity index (χ0) is 17.9. The second kappa shape index (κ2) is 7.41. The molecule has 1 fully saturated rings. The Labute approximate surface area is 154 Å². The van der Waals surface area contributed by atoms with E-state index < -0.39 is 0 Å². The smallest absolute Gasteiger partial charge is 0.227 e. The molecule has 0 aliphatic carbocycles. The molecule has 2 N–H and O–H groups in total. The van der Waals surface area contributed by atoms with Crippen molar-refractivity contribution in [2.24, 2.45) is 10.9 Å². The molecule has 1 aromatic carbocycles. The number of aliphatic imine (C=N–C) groups is 1.